The fourth-order valence-corrected chi connectivity index (χ4v) is 4.72. The molecule has 2 aliphatic rings. The van der Waals surface area contributed by atoms with Crippen molar-refractivity contribution < 1.29 is 19.4 Å². The van der Waals surface area contributed by atoms with Crippen LogP contribution in [-0.4, -0.2) is 35.3 Å². The summed E-state index contributed by atoms with van der Waals surface area (Å²) >= 11 is 1.17. The number of hydrogen-bond donors (Lipinski definition) is 2. The van der Waals surface area contributed by atoms with Crippen LogP contribution in [0.3, 0.4) is 0 Å². The van der Waals surface area contributed by atoms with Crippen LogP contribution in [0.1, 0.15) is 15.9 Å². The van der Waals surface area contributed by atoms with Crippen molar-refractivity contribution in [3.8, 4) is 5.75 Å². The van der Waals surface area contributed by atoms with Crippen molar-refractivity contribution in [1.82, 2.24) is 4.57 Å². The summed E-state index contributed by atoms with van der Waals surface area (Å²) in [5, 5.41) is 12.0. The summed E-state index contributed by atoms with van der Waals surface area (Å²) in [5.41, 5.74) is 2.04. The number of anilines is 2. The number of carboxylic acid groups (broad SMARTS) is 1. The Hall–Kier alpha value is -3.92. The van der Waals surface area contributed by atoms with E-state index in [0.717, 1.165) is 0 Å². The number of carbonyl (C=O) groups excluding carboxylic acids is 1. The molecule has 0 fully saturated rings. The summed E-state index contributed by atoms with van der Waals surface area (Å²) in [7, 11) is 1.54. The third kappa shape index (κ3) is 3.08. The standard InChI is InChI=1S/C21H16N4O5S/c1-30-13-5-6-15-14(8-13)16(18(26)23-15)17-19(27)25-10-24(9-22-21(25)31-17)12-4-2-3-11(7-12)20(28)29/h2-8H,9-10H2,1H3,(H,23,26)(H,28,29). The Morgan fingerprint density at radius 1 is 1.23 bits per heavy atom. The fraction of sp³-hybridized carbons (Fsp3) is 0.143. The van der Waals surface area contributed by atoms with Gasteiger partial charge in [-0.3, -0.25) is 14.2 Å². The van der Waals surface area contributed by atoms with Gasteiger partial charge in [0, 0.05) is 16.9 Å². The molecule has 10 heteroatoms. The Morgan fingerprint density at radius 3 is 2.84 bits per heavy atom. The first kappa shape index (κ1) is 19.1. The van der Waals surface area contributed by atoms with Crippen molar-refractivity contribution in [2.45, 2.75) is 6.67 Å². The zero-order valence-electron chi connectivity index (χ0n) is 16.3. The predicted octanol–water partition coefficient (Wildman–Crippen LogP) is 0.822. The van der Waals surface area contributed by atoms with Gasteiger partial charge >= 0.3 is 5.97 Å². The second-order valence-electron chi connectivity index (χ2n) is 7.02. The van der Waals surface area contributed by atoms with E-state index >= 15 is 0 Å². The lowest BCUT2D eigenvalue weighted by molar-refractivity contribution is -0.110. The lowest BCUT2D eigenvalue weighted by atomic mass is 10.1. The summed E-state index contributed by atoms with van der Waals surface area (Å²) in [5.74, 6) is -0.780. The van der Waals surface area contributed by atoms with E-state index in [1.165, 1.54) is 29.1 Å². The first-order valence-corrected chi connectivity index (χ1v) is 10.1. The van der Waals surface area contributed by atoms with Gasteiger partial charge in [0.2, 0.25) is 0 Å². The summed E-state index contributed by atoms with van der Waals surface area (Å²) in [4.78, 5) is 43.9. The van der Waals surface area contributed by atoms with Crippen molar-refractivity contribution in [2.75, 3.05) is 24.0 Å². The van der Waals surface area contributed by atoms with E-state index in [4.69, 9.17) is 4.74 Å². The van der Waals surface area contributed by atoms with Gasteiger partial charge in [0.15, 0.2) is 4.80 Å². The molecule has 3 heterocycles. The molecule has 1 aromatic heterocycles. The van der Waals surface area contributed by atoms with Gasteiger partial charge in [0.1, 0.15) is 23.6 Å². The van der Waals surface area contributed by atoms with E-state index in [1.807, 2.05) is 0 Å². The second-order valence-corrected chi connectivity index (χ2v) is 8.00. The minimum absolute atomic E-state index is 0.158. The number of benzene rings is 2. The molecule has 1 amide bonds. The third-order valence-corrected chi connectivity index (χ3v) is 6.32. The predicted molar refractivity (Wildman–Crippen MR) is 114 cm³/mol. The SMILES string of the molecule is COc1ccc2c(c1)C(=c1sc3n(c1=O)CN(c1cccc(C(=O)O)c1)CN=3)C(=O)N2. The molecule has 2 aromatic carbocycles. The van der Waals surface area contributed by atoms with Crippen molar-refractivity contribution in [3.63, 3.8) is 0 Å². The monoisotopic (exact) mass is 436 g/mol. The van der Waals surface area contributed by atoms with Gasteiger partial charge < -0.3 is 20.1 Å². The third-order valence-electron chi connectivity index (χ3n) is 5.21. The number of hydrogen-bond acceptors (Lipinski definition) is 7. The topological polar surface area (TPSA) is 113 Å². The zero-order chi connectivity index (χ0) is 21.7. The van der Waals surface area contributed by atoms with Gasteiger partial charge in [-0.15, -0.1) is 0 Å². The molecule has 0 saturated heterocycles. The van der Waals surface area contributed by atoms with Crippen LogP contribution in [0, 0.1) is 0 Å². The number of amides is 1. The lowest BCUT2D eigenvalue weighted by Crippen LogP contribution is -2.43. The minimum Gasteiger partial charge on any atom is -0.497 e. The molecule has 3 aromatic rings. The molecule has 0 saturated carbocycles. The Balaban J connectivity index is 1.61. The Morgan fingerprint density at radius 2 is 2.06 bits per heavy atom. The van der Waals surface area contributed by atoms with Gasteiger partial charge in [0.05, 0.1) is 18.2 Å². The molecule has 0 bridgehead atoms. The number of aromatic nitrogens is 1. The molecular weight excluding hydrogens is 420 g/mol. The van der Waals surface area contributed by atoms with Crippen LogP contribution in [0.5, 0.6) is 5.75 Å². The Kier molecular flexibility index (Phi) is 4.36. The number of methoxy groups -OCH3 is 1. The van der Waals surface area contributed by atoms with E-state index in [9.17, 15) is 19.5 Å². The number of carbonyl (C=O) groups is 2. The van der Waals surface area contributed by atoms with Gasteiger partial charge in [-0.25, -0.2) is 9.79 Å². The van der Waals surface area contributed by atoms with Crippen molar-refractivity contribution >= 4 is 40.2 Å². The van der Waals surface area contributed by atoms with Crippen LogP contribution in [0.4, 0.5) is 11.4 Å². The van der Waals surface area contributed by atoms with E-state index in [-0.39, 0.29) is 30.4 Å². The first-order chi connectivity index (χ1) is 15.0. The zero-order valence-corrected chi connectivity index (χ0v) is 17.1. The highest BCUT2D eigenvalue weighted by molar-refractivity contribution is 7.07. The molecule has 31 heavy (non-hydrogen) atoms. The van der Waals surface area contributed by atoms with Crippen molar-refractivity contribution in [3.05, 3.63) is 73.3 Å². The average Bonchev–Trinajstić information content (AvgIpc) is 3.28. The van der Waals surface area contributed by atoms with E-state index in [1.54, 1.807) is 41.3 Å². The minimum atomic E-state index is -1.02. The summed E-state index contributed by atoms with van der Waals surface area (Å²) in [6.07, 6.45) is 0. The van der Waals surface area contributed by atoms with Crippen LogP contribution in [0.25, 0.3) is 5.57 Å². The maximum Gasteiger partial charge on any atom is 0.335 e. The molecule has 0 aliphatic carbocycles. The maximum atomic E-state index is 13.2. The smallest absolute Gasteiger partial charge is 0.335 e. The van der Waals surface area contributed by atoms with E-state index in [0.29, 0.717) is 37.6 Å². The molecular formula is C21H16N4O5S. The quantitative estimate of drug-likeness (QED) is 0.629. The lowest BCUT2D eigenvalue weighted by Gasteiger charge is -2.25. The van der Waals surface area contributed by atoms with E-state index < -0.39 is 5.97 Å². The van der Waals surface area contributed by atoms with Gasteiger partial charge in [-0.2, -0.15) is 0 Å². The Bertz CT molecular complexity index is 1440. The molecule has 0 atom stereocenters. The Labute approximate surface area is 179 Å². The number of carboxylic acids is 1. The molecule has 0 unspecified atom stereocenters. The highest BCUT2D eigenvalue weighted by Crippen LogP contribution is 2.33. The number of aromatic carboxylic acids is 1. The molecule has 5 rings (SSSR count). The largest absolute Gasteiger partial charge is 0.497 e. The van der Waals surface area contributed by atoms with Crippen LogP contribution < -0.4 is 29.8 Å². The molecule has 156 valence electrons. The van der Waals surface area contributed by atoms with Crippen molar-refractivity contribution in [1.29, 1.82) is 0 Å². The van der Waals surface area contributed by atoms with Gasteiger partial charge in [0.25, 0.3) is 11.5 Å². The summed E-state index contributed by atoms with van der Waals surface area (Å²) in [6, 6.07) is 11.7. The number of rotatable bonds is 3. The van der Waals surface area contributed by atoms with Gasteiger partial charge in [-0.05, 0) is 36.4 Å². The van der Waals surface area contributed by atoms with Crippen LogP contribution >= 0.6 is 11.3 Å². The van der Waals surface area contributed by atoms with E-state index in [2.05, 4.69) is 10.3 Å². The van der Waals surface area contributed by atoms with Crippen LogP contribution in [0.2, 0.25) is 0 Å². The number of nitrogens with one attached hydrogen (secondary N) is 1. The normalized spacial score (nSPS) is 16.3. The van der Waals surface area contributed by atoms with Crippen LogP contribution in [-0.2, 0) is 11.5 Å². The molecule has 0 radical (unpaired) electrons. The van der Waals surface area contributed by atoms with Gasteiger partial charge in [-0.1, -0.05) is 17.4 Å². The maximum absolute atomic E-state index is 13.2. The summed E-state index contributed by atoms with van der Waals surface area (Å²) < 4.78 is 7.07. The first-order valence-electron chi connectivity index (χ1n) is 9.33. The highest BCUT2D eigenvalue weighted by Gasteiger charge is 2.28. The highest BCUT2D eigenvalue weighted by atomic mass is 32.1. The number of ether oxygens (including phenoxy) is 1. The van der Waals surface area contributed by atoms with Crippen molar-refractivity contribution in [2.24, 2.45) is 4.99 Å². The molecule has 2 N–H and O–H groups in total. The summed E-state index contributed by atoms with van der Waals surface area (Å²) in [6.45, 7) is 0.478. The number of fused-ring (bicyclic) bond motifs is 2. The second kappa shape index (κ2) is 7.10. The fourth-order valence-electron chi connectivity index (χ4n) is 3.66. The number of nitrogens with zero attached hydrogens (tertiary/aromatic N) is 3. The molecule has 0 spiro atoms. The molecule has 9 nitrogen and oxygen atoms in total. The number of thiazole rings is 1. The van der Waals surface area contributed by atoms with Crippen LogP contribution in [0.15, 0.2) is 52.3 Å². The average molecular weight is 436 g/mol. The molecule has 2 aliphatic heterocycles.